The minimum atomic E-state index is -0.329. The lowest BCUT2D eigenvalue weighted by atomic mass is 9.77. The van der Waals surface area contributed by atoms with Gasteiger partial charge in [-0.15, -0.1) is 0 Å². The molecular formula is C17H24N2O2. The second-order valence-corrected chi connectivity index (χ2v) is 6.15. The van der Waals surface area contributed by atoms with Gasteiger partial charge in [0, 0.05) is 6.54 Å². The van der Waals surface area contributed by atoms with Crippen LogP contribution < -0.4 is 11.1 Å². The van der Waals surface area contributed by atoms with Crippen LogP contribution in [0.3, 0.4) is 0 Å². The number of hydrogen-bond donors (Lipinski definition) is 2. The summed E-state index contributed by atoms with van der Waals surface area (Å²) in [6.45, 7) is 0.495. The van der Waals surface area contributed by atoms with Crippen molar-refractivity contribution in [1.82, 2.24) is 5.32 Å². The third-order valence-electron chi connectivity index (χ3n) is 4.74. The van der Waals surface area contributed by atoms with Crippen molar-refractivity contribution in [3.05, 3.63) is 35.9 Å². The maximum absolute atomic E-state index is 12.5. The molecule has 0 bridgehead atoms. The molecule has 1 unspecified atom stereocenters. The van der Waals surface area contributed by atoms with Crippen LogP contribution in [0, 0.1) is 5.92 Å². The number of nitrogens with one attached hydrogen (secondary N) is 1. The molecule has 21 heavy (non-hydrogen) atoms. The second kappa shape index (κ2) is 6.58. The molecule has 1 saturated heterocycles. The highest BCUT2D eigenvalue weighted by Gasteiger charge is 2.34. The van der Waals surface area contributed by atoms with Gasteiger partial charge in [-0.1, -0.05) is 36.8 Å². The summed E-state index contributed by atoms with van der Waals surface area (Å²) in [5.74, 6) is 0.578. The largest absolute Gasteiger partial charge is 0.364 e. The Labute approximate surface area is 126 Å². The summed E-state index contributed by atoms with van der Waals surface area (Å²) in [7, 11) is 0. The fourth-order valence-corrected chi connectivity index (χ4v) is 3.23. The van der Waals surface area contributed by atoms with E-state index in [9.17, 15) is 4.79 Å². The van der Waals surface area contributed by atoms with Gasteiger partial charge < -0.3 is 15.8 Å². The highest BCUT2D eigenvalue weighted by atomic mass is 16.5. The zero-order valence-corrected chi connectivity index (χ0v) is 12.3. The molecule has 1 aliphatic carbocycles. The minimum Gasteiger partial charge on any atom is -0.364 e. The highest BCUT2D eigenvalue weighted by Crippen LogP contribution is 2.38. The quantitative estimate of drug-likeness (QED) is 0.872. The number of hydrogen-bond acceptors (Lipinski definition) is 3. The van der Waals surface area contributed by atoms with Gasteiger partial charge in [-0.05, 0) is 37.2 Å². The van der Waals surface area contributed by atoms with Gasteiger partial charge in [0.1, 0.15) is 6.10 Å². The zero-order valence-electron chi connectivity index (χ0n) is 12.3. The smallest absolute Gasteiger partial charge is 0.249 e. The van der Waals surface area contributed by atoms with Gasteiger partial charge in [-0.25, -0.2) is 0 Å². The van der Waals surface area contributed by atoms with Gasteiger partial charge in [-0.2, -0.15) is 0 Å². The number of amides is 1. The molecule has 2 fully saturated rings. The molecule has 0 spiro atoms. The Kier molecular flexibility index (Phi) is 4.56. The van der Waals surface area contributed by atoms with Gasteiger partial charge >= 0.3 is 0 Å². The predicted molar refractivity (Wildman–Crippen MR) is 81.6 cm³/mol. The molecule has 1 aromatic rings. The number of carbonyl (C=O) groups is 1. The molecule has 1 aliphatic heterocycles. The maximum atomic E-state index is 12.5. The van der Waals surface area contributed by atoms with E-state index in [1.807, 2.05) is 18.2 Å². The van der Waals surface area contributed by atoms with Crippen molar-refractivity contribution in [1.29, 1.82) is 0 Å². The molecule has 0 aromatic heterocycles. The average molecular weight is 288 g/mol. The lowest BCUT2D eigenvalue weighted by Crippen LogP contribution is -2.41. The molecule has 1 heterocycles. The average Bonchev–Trinajstić information content (AvgIpc) is 2.94. The van der Waals surface area contributed by atoms with Crippen LogP contribution in [-0.4, -0.2) is 24.7 Å². The van der Waals surface area contributed by atoms with E-state index >= 15 is 0 Å². The summed E-state index contributed by atoms with van der Waals surface area (Å²) in [5, 5.41) is 3.22. The van der Waals surface area contributed by atoms with Crippen molar-refractivity contribution in [2.45, 2.75) is 50.4 Å². The van der Waals surface area contributed by atoms with E-state index in [2.05, 4.69) is 17.4 Å². The normalized spacial score (nSPS) is 27.1. The Hall–Kier alpha value is -1.39. The second-order valence-electron chi connectivity index (χ2n) is 6.15. The third kappa shape index (κ3) is 3.27. The van der Waals surface area contributed by atoms with Crippen LogP contribution in [0.25, 0.3) is 0 Å². The van der Waals surface area contributed by atoms with Crippen LogP contribution in [0.5, 0.6) is 0 Å². The van der Waals surface area contributed by atoms with E-state index in [0.717, 1.165) is 12.8 Å². The van der Waals surface area contributed by atoms with E-state index < -0.39 is 0 Å². The zero-order chi connectivity index (χ0) is 14.7. The number of carbonyl (C=O) groups excluding carboxylic acids is 1. The molecule has 4 heteroatoms. The predicted octanol–water partition coefficient (Wildman–Crippen LogP) is 2.15. The van der Waals surface area contributed by atoms with Gasteiger partial charge in [0.05, 0.1) is 12.1 Å². The fraction of sp³-hybridized carbons (Fsp3) is 0.588. The molecule has 4 nitrogen and oxygen atoms in total. The Morgan fingerprint density at radius 3 is 2.57 bits per heavy atom. The van der Waals surface area contributed by atoms with Crippen molar-refractivity contribution < 1.29 is 9.53 Å². The molecule has 2 aliphatic rings. The lowest BCUT2D eigenvalue weighted by Gasteiger charge is -2.35. The van der Waals surface area contributed by atoms with Gasteiger partial charge in [0.15, 0.2) is 0 Å². The number of benzene rings is 1. The number of nitrogens with two attached hydrogens (primary N) is 1. The van der Waals surface area contributed by atoms with Crippen molar-refractivity contribution in [2.75, 3.05) is 6.54 Å². The van der Waals surface area contributed by atoms with E-state index in [1.165, 1.54) is 24.8 Å². The molecule has 3 rings (SSSR count). The van der Waals surface area contributed by atoms with Crippen molar-refractivity contribution in [3.63, 3.8) is 0 Å². The van der Waals surface area contributed by atoms with Crippen LogP contribution in [0.2, 0.25) is 0 Å². The molecule has 3 atom stereocenters. The monoisotopic (exact) mass is 288 g/mol. The van der Waals surface area contributed by atoms with Crippen LogP contribution in [-0.2, 0) is 9.53 Å². The molecule has 1 saturated carbocycles. The van der Waals surface area contributed by atoms with E-state index in [0.29, 0.717) is 12.5 Å². The van der Waals surface area contributed by atoms with Crippen molar-refractivity contribution in [2.24, 2.45) is 11.7 Å². The standard InChI is InChI=1S/C17H24N2O2/c18-11-14-9-10-15(21-14)17(20)19-16(13-7-4-8-13)12-5-2-1-3-6-12/h1-3,5-6,13-16H,4,7-11,18H2,(H,19,20)/t14-,15+,16?/m1/s1. The molecule has 0 radical (unpaired) electrons. The number of rotatable bonds is 5. The lowest BCUT2D eigenvalue weighted by molar-refractivity contribution is -0.133. The Balaban J connectivity index is 1.66. The van der Waals surface area contributed by atoms with Crippen LogP contribution in [0.1, 0.15) is 43.7 Å². The summed E-state index contributed by atoms with van der Waals surface area (Å²) in [6, 6.07) is 10.4. The Bertz CT molecular complexity index is 473. The summed E-state index contributed by atoms with van der Waals surface area (Å²) in [4.78, 5) is 12.5. The first-order valence-electron chi connectivity index (χ1n) is 7.99. The Morgan fingerprint density at radius 1 is 1.24 bits per heavy atom. The van der Waals surface area contributed by atoms with Crippen molar-refractivity contribution >= 4 is 5.91 Å². The van der Waals surface area contributed by atoms with Crippen LogP contribution in [0.15, 0.2) is 30.3 Å². The molecule has 1 aromatic carbocycles. The highest BCUT2D eigenvalue weighted by molar-refractivity contribution is 5.81. The fourth-order valence-electron chi connectivity index (χ4n) is 3.23. The molecule has 1 amide bonds. The SMILES string of the molecule is NC[C@H]1CC[C@@H](C(=O)NC(c2ccccc2)C2CCC2)O1. The summed E-state index contributed by atoms with van der Waals surface area (Å²) in [6.07, 6.45) is 5.02. The van der Waals surface area contributed by atoms with Crippen molar-refractivity contribution in [3.8, 4) is 0 Å². The summed E-state index contributed by atoms with van der Waals surface area (Å²) >= 11 is 0. The Morgan fingerprint density at radius 2 is 2.00 bits per heavy atom. The van der Waals surface area contributed by atoms with E-state index in [4.69, 9.17) is 10.5 Å². The third-order valence-corrected chi connectivity index (χ3v) is 4.74. The first-order valence-corrected chi connectivity index (χ1v) is 7.99. The minimum absolute atomic E-state index is 0.0201. The topological polar surface area (TPSA) is 64.4 Å². The number of ether oxygens (including phenoxy) is 1. The van der Waals surface area contributed by atoms with Gasteiger partial charge in [0.25, 0.3) is 0 Å². The molecule has 114 valence electrons. The summed E-state index contributed by atoms with van der Waals surface area (Å²) < 4.78 is 5.70. The first kappa shape index (κ1) is 14.5. The van der Waals surface area contributed by atoms with Crippen LogP contribution >= 0.6 is 0 Å². The molecule has 3 N–H and O–H groups in total. The van der Waals surface area contributed by atoms with Crippen LogP contribution in [0.4, 0.5) is 0 Å². The van der Waals surface area contributed by atoms with E-state index in [-0.39, 0.29) is 24.2 Å². The van der Waals surface area contributed by atoms with Gasteiger partial charge in [-0.3, -0.25) is 4.79 Å². The van der Waals surface area contributed by atoms with Gasteiger partial charge in [0.2, 0.25) is 5.91 Å². The van der Waals surface area contributed by atoms with E-state index in [1.54, 1.807) is 0 Å². The summed E-state index contributed by atoms with van der Waals surface area (Å²) in [5.41, 5.74) is 6.81. The maximum Gasteiger partial charge on any atom is 0.249 e. The molecular weight excluding hydrogens is 264 g/mol. The first-order chi connectivity index (χ1) is 10.3.